The third-order valence-electron chi connectivity index (χ3n) is 8.01. The van der Waals surface area contributed by atoms with E-state index >= 15 is 0 Å². The fourth-order valence-electron chi connectivity index (χ4n) is 6.08. The van der Waals surface area contributed by atoms with Gasteiger partial charge in [0.15, 0.2) is 0 Å². The Bertz CT molecular complexity index is 1240. The van der Waals surface area contributed by atoms with Gasteiger partial charge in [0.2, 0.25) is 0 Å². The molecule has 0 amide bonds. The molecule has 0 N–H and O–H groups in total. The number of aryl methyl sites for hydroxylation is 1. The molecule has 7 heteroatoms. The highest BCUT2D eigenvalue weighted by atomic mass is 16.5. The van der Waals surface area contributed by atoms with Gasteiger partial charge in [-0.25, -0.2) is 4.68 Å². The number of allylic oxidation sites excluding steroid dienone is 1. The first kappa shape index (κ1) is 25.6. The van der Waals surface area contributed by atoms with E-state index in [0.717, 1.165) is 54.4 Å². The third-order valence-corrected chi connectivity index (χ3v) is 8.01. The molecule has 2 aliphatic rings. The summed E-state index contributed by atoms with van der Waals surface area (Å²) in [5.74, 6) is 1.13. The highest BCUT2D eigenvalue weighted by Gasteiger charge is 2.36. The van der Waals surface area contributed by atoms with Crippen LogP contribution in [0.4, 0.5) is 0 Å². The summed E-state index contributed by atoms with van der Waals surface area (Å²) in [5, 5.41) is 9.30. The van der Waals surface area contributed by atoms with Gasteiger partial charge in [-0.3, -0.25) is 9.48 Å². The molecule has 0 saturated carbocycles. The van der Waals surface area contributed by atoms with Gasteiger partial charge in [-0.1, -0.05) is 29.8 Å². The van der Waals surface area contributed by atoms with E-state index in [-0.39, 0.29) is 5.78 Å². The maximum atomic E-state index is 13.7. The number of methoxy groups -OCH3 is 1. The van der Waals surface area contributed by atoms with Gasteiger partial charge >= 0.3 is 0 Å². The van der Waals surface area contributed by atoms with E-state index in [1.165, 1.54) is 25.7 Å². The number of carbonyl (C=O) groups is 1. The van der Waals surface area contributed by atoms with Crippen LogP contribution in [0, 0.1) is 18.8 Å². The maximum Gasteiger partial charge on any atom is 0.139 e. The van der Waals surface area contributed by atoms with Crippen LogP contribution in [0.25, 0.3) is 16.9 Å². The standard InChI is InChI=1S/C30H39N5O2/c1-22-29(35(26-12-8-5-9-13-26)32-30(22)25-18-31-33(2)19-25)17-27(36)16-24-20-34(14-15-37-3)21-28(24)23-10-6-4-7-11-23/h5,8-10,12-13,18-19,24,28H,4,6-7,11,14-17,20-21H2,1-3H3/t24-,28+/m1/s1. The quantitative estimate of drug-likeness (QED) is 0.374. The van der Waals surface area contributed by atoms with E-state index in [1.807, 2.05) is 54.5 Å². The molecule has 7 nitrogen and oxygen atoms in total. The lowest BCUT2D eigenvalue weighted by Crippen LogP contribution is -2.25. The summed E-state index contributed by atoms with van der Waals surface area (Å²) < 4.78 is 9.09. The van der Waals surface area contributed by atoms with E-state index in [4.69, 9.17) is 9.84 Å². The number of rotatable bonds is 10. The van der Waals surface area contributed by atoms with Gasteiger partial charge in [-0.15, -0.1) is 0 Å². The first-order chi connectivity index (χ1) is 18.0. The molecular formula is C30H39N5O2. The molecule has 3 heterocycles. The normalized spacial score (nSPS) is 20.4. The number of ether oxygens (including phenoxy) is 1. The second-order valence-corrected chi connectivity index (χ2v) is 10.6. The summed E-state index contributed by atoms with van der Waals surface area (Å²) >= 11 is 0. The fraction of sp³-hybridized carbons (Fsp3) is 0.500. The Morgan fingerprint density at radius 3 is 2.70 bits per heavy atom. The lowest BCUT2D eigenvalue weighted by atomic mass is 9.80. The van der Waals surface area contributed by atoms with Crippen LogP contribution in [0.5, 0.6) is 0 Å². The molecule has 1 aromatic carbocycles. The van der Waals surface area contributed by atoms with Crippen molar-refractivity contribution in [2.45, 2.75) is 45.4 Å². The zero-order valence-electron chi connectivity index (χ0n) is 22.4. The molecule has 3 aromatic rings. The number of para-hydroxylation sites is 1. The first-order valence-electron chi connectivity index (χ1n) is 13.6. The molecule has 0 radical (unpaired) electrons. The van der Waals surface area contributed by atoms with Crippen molar-refractivity contribution in [1.82, 2.24) is 24.5 Å². The summed E-state index contributed by atoms with van der Waals surface area (Å²) in [7, 11) is 3.67. The molecule has 1 aliphatic heterocycles. The molecule has 0 bridgehead atoms. The van der Waals surface area contributed by atoms with Crippen LogP contribution in [-0.2, 0) is 23.0 Å². The fourth-order valence-corrected chi connectivity index (χ4v) is 6.08. The SMILES string of the molecule is COCCN1C[C@@H](CC(=O)Cc2c(C)c(-c3cnn(C)c3)nn2-c2ccccc2)[C@H](C2=CCCCC2)C1. The monoisotopic (exact) mass is 501 g/mol. The zero-order valence-corrected chi connectivity index (χ0v) is 22.4. The molecule has 2 aromatic heterocycles. The molecule has 2 atom stereocenters. The Morgan fingerprint density at radius 1 is 1.16 bits per heavy atom. The number of nitrogens with zero attached hydrogens (tertiary/aromatic N) is 5. The van der Waals surface area contributed by atoms with Gasteiger partial charge in [0.05, 0.1) is 29.9 Å². The van der Waals surface area contributed by atoms with E-state index in [1.54, 1.807) is 17.4 Å². The molecule has 196 valence electrons. The van der Waals surface area contributed by atoms with Crippen molar-refractivity contribution in [2.75, 3.05) is 33.4 Å². The van der Waals surface area contributed by atoms with Crippen LogP contribution in [0.1, 0.15) is 43.4 Å². The summed E-state index contributed by atoms with van der Waals surface area (Å²) in [5.41, 5.74) is 6.42. The predicted molar refractivity (Wildman–Crippen MR) is 146 cm³/mol. The van der Waals surface area contributed by atoms with E-state index < -0.39 is 0 Å². The number of benzene rings is 1. The summed E-state index contributed by atoms with van der Waals surface area (Å²) in [6.07, 6.45) is 12.2. The Balaban J connectivity index is 1.39. The second kappa shape index (κ2) is 11.6. The van der Waals surface area contributed by atoms with Crippen molar-refractivity contribution >= 4 is 5.78 Å². The average Bonchev–Trinajstić information content (AvgIpc) is 3.61. The molecule has 1 aliphatic carbocycles. The van der Waals surface area contributed by atoms with Gasteiger partial charge in [0.1, 0.15) is 5.78 Å². The molecule has 0 unspecified atom stereocenters. The number of hydrogen-bond acceptors (Lipinski definition) is 5. The minimum Gasteiger partial charge on any atom is -0.383 e. The van der Waals surface area contributed by atoms with Gasteiger partial charge in [-0.05, 0) is 62.1 Å². The van der Waals surface area contributed by atoms with Gasteiger partial charge in [0, 0.05) is 58.4 Å². The van der Waals surface area contributed by atoms with Crippen LogP contribution in [-0.4, -0.2) is 63.6 Å². The maximum absolute atomic E-state index is 13.7. The highest BCUT2D eigenvalue weighted by molar-refractivity contribution is 5.82. The van der Waals surface area contributed by atoms with Crippen LogP contribution in [0.2, 0.25) is 0 Å². The van der Waals surface area contributed by atoms with E-state index in [2.05, 4.69) is 23.0 Å². The third kappa shape index (κ3) is 5.78. The summed E-state index contributed by atoms with van der Waals surface area (Å²) in [4.78, 5) is 16.2. The highest BCUT2D eigenvalue weighted by Crippen LogP contribution is 2.37. The van der Waals surface area contributed by atoms with Crippen LogP contribution in [0.15, 0.2) is 54.4 Å². The predicted octanol–water partition coefficient (Wildman–Crippen LogP) is 4.78. The van der Waals surface area contributed by atoms with E-state index in [9.17, 15) is 4.79 Å². The smallest absolute Gasteiger partial charge is 0.139 e. The zero-order chi connectivity index (χ0) is 25.8. The summed E-state index contributed by atoms with van der Waals surface area (Å²) in [6, 6.07) is 10.1. The van der Waals surface area contributed by atoms with Crippen molar-refractivity contribution in [2.24, 2.45) is 18.9 Å². The second-order valence-electron chi connectivity index (χ2n) is 10.6. The lowest BCUT2D eigenvalue weighted by molar-refractivity contribution is -0.119. The number of likely N-dealkylation sites (tertiary alicyclic amines) is 1. The van der Waals surface area contributed by atoms with Gasteiger partial charge < -0.3 is 9.64 Å². The molecular weight excluding hydrogens is 462 g/mol. The molecule has 1 fully saturated rings. The van der Waals surface area contributed by atoms with Crippen LogP contribution in [0.3, 0.4) is 0 Å². The Morgan fingerprint density at radius 2 is 2.00 bits per heavy atom. The minimum atomic E-state index is 0.290. The number of carbonyl (C=O) groups excluding carboxylic acids is 1. The minimum absolute atomic E-state index is 0.290. The van der Waals surface area contributed by atoms with Crippen molar-refractivity contribution in [3.05, 3.63) is 65.6 Å². The largest absolute Gasteiger partial charge is 0.383 e. The van der Waals surface area contributed by atoms with Crippen molar-refractivity contribution in [3.8, 4) is 16.9 Å². The number of Topliss-reactive ketones (excluding diaryl/α,β-unsaturated/α-hetero) is 1. The molecule has 5 rings (SSSR count). The lowest BCUT2D eigenvalue weighted by Gasteiger charge is -2.24. The van der Waals surface area contributed by atoms with Gasteiger partial charge in [0.25, 0.3) is 0 Å². The molecule has 0 spiro atoms. The summed E-state index contributed by atoms with van der Waals surface area (Å²) in [6.45, 7) is 5.75. The van der Waals surface area contributed by atoms with Crippen molar-refractivity contribution < 1.29 is 9.53 Å². The Labute approximate surface area is 220 Å². The molecule has 1 saturated heterocycles. The Hall–Kier alpha value is -3.03. The molecule has 37 heavy (non-hydrogen) atoms. The number of aromatic nitrogens is 4. The average molecular weight is 502 g/mol. The van der Waals surface area contributed by atoms with Crippen molar-refractivity contribution in [3.63, 3.8) is 0 Å². The van der Waals surface area contributed by atoms with Crippen LogP contribution < -0.4 is 0 Å². The Kier molecular flexibility index (Phi) is 8.01. The van der Waals surface area contributed by atoms with E-state index in [0.29, 0.717) is 24.7 Å². The number of hydrogen-bond donors (Lipinski definition) is 0. The van der Waals surface area contributed by atoms with Gasteiger partial charge in [-0.2, -0.15) is 10.2 Å². The van der Waals surface area contributed by atoms with Crippen LogP contribution >= 0.6 is 0 Å². The topological polar surface area (TPSA) is 65.2 Å². The number of ketones is 1. The van der Waals surface area contributed by atoms with Crippen molar-refractivity contribution in [1.29, 1.82) is 0 Å². The first-order valence-corrected chi connectivity index (χ1v) is 13.6.